The van der Waals surface area contributed by atoms with Crippen LogP contribution in [0.2, 0.25) is 0 Å². The third-order valence-corrected chi connectivity index (χ3v) is 9.14. The fourth-order valence-corrected chi connectivity index (χ4v) is 6.62. The number of ether oxygens (including phenoxy) is 2. The van der Waals surface area contributed by atoms with Gasteiger partial charge in [0.2, 0.25) is 17.7 Å². The molecular weight excluding hydrogens is 520 g/mol. The van der Waals surface area contributed by atoms with E-state index in [1.807, 2.05) is 47.5 Å². The molecule has 3 heterocycles. The number of amides is 2. The van der Waals surface area contributed by atoms with E-state index in [-0.39, 0.29) is 17.7 Å². The molecule has 0 radical (unpaired) electrons. The predicted molar refractivity (Wildman–Crippen MR) is 156 cm³/mol. The SMILES string of the molecule is CCCCN1C(=O)[C@@H]([C@H](O)C2CCCCC2)NC(=O)C12CCN(Cc1ccc(Oc3ccc(OC)cc3)nc1)CC2. The van der Waals surface area contributed by atoms with Gasteiger partial charge in [0.1, 0.15) is 23.1 Å². The zero-order valence-corrected chi connectivity index (χ0v) is 24.4. The van der Waals surface area contributed by atoms with Crippen molar-refractivity contribution in [2.75, 3.05) is 26.7 Å². The van der Waals surface area contributed by atoms with Crippen LogP contribution in [0.5, 0.6) is 17.4 Å². The van der Waals surface area contributed by atoms with Gasteiger partial charge in [-0.25, -0.2) is 4.98 Å². The van der Waals surface area contributed by atoms with Gasteiger partial charge in [-0.05, 0) is 67.9 Å². The number of hydrogen-bond donors (Lipinski definition) is 2. The molecule has 2 aliphatic heterocycles. The second-order valence-corrected chi connectivity index (χ2v) is 11.8. The number of nitrogens with zero attached hydrogens (tertiary/aromatic N) is 3. The smallest absolute Gasteiger partial charge is 0.248 e. The van der Waals surface area contributed by atoms with Crippen molar-refractivity contribution in [1.29, 1.82) is 0 Å². The number of rotatable bonds is 10. The van der Waals surface area contributed by atoms with E-state index in [4.69, 9.17) is 9.47 Å². The van der Waals surface area contributed by atoms with Crippen LogP contribution >= 0.6 is 0 Å². The zero-order valence-electron chi connectivity index (χ0n) is 24.4. The van der Waals surface area contributed by atoms with Gasteiger partial charge in [-0.3, -0.25) is 14.5 Å². The minimum Gasteiger partial charge on any atom is -0.497 e. The van der Waals surface area contributed by atoms with E-state index < -0.39 is 17.7 Å². The number of piperidine rings is 1. The Hall–Kier alpha value is -3.17. The van der Waals surface area contributed by atoms with Crippen molar-refractivity contribution in [1.82, 2.24) is 20.1 Å². The van der Waals surface area contributed by atoms with Crippen LogP contribution in [0.1, 0.15) is 70.3 Å². The molecule has 2 amide bonds. The Balaban J connectivity index is 1.20. The Morgan fingerprint density at radius 1 is 1.05 bits per heavy atom. The Bertz CT molecular complexity index is 1160. The lowest BCUT2D eigenvalue weighted by molar-refractivity contribution is -0.166. The van der Waals surface area contributed by atoms with Crippen LogP contribution in [0.15, 0.2) is 42.6 Å². The molecule has 1 aromatic carbocycles. The minimum atomic E-state index is -0.847. The maximum Gasteiger partial charge on any atom is 0.248 e. The van der Waals surface area contributed by atoms with Crippen LogP contribution in [0.25, 0.3) is 0 Å². The summed E-state index contributed by atoms with van der Waals surface area (Å²) >= 11 is 0. The molecule has 3 aliphatic rings. The zero-order chi connectivity index (χ0) is 28.8. The largest absolute Gasteiger partial charge is 0.497 e. The van der Waals surface area contributed by atoms with Crippen molar-refractivity contribution in [2.24, 2.45) is 5.92 Å². The molecule has 41 heavy (non-hydrogen) atoms. The van der Waals surface area contributed by atoms with Crippen LogP contribution in [0.3, 0.4) is 0 Å². The number of likely N-dealkylation sites (tertiary alicyclic amines) is 1. The molecule has 5 rings (SSSR count). The van der Waals surface area contributed by atoms with Crippen LogP contribution < -0.4 is 14.8 Å². The molecule has 1 saturated carbocycles. The summed E-state index contributed by atoms with van der Waals surface area (Å²) in [5.41, 5.74) is 0.213. The maximum absolute atomic E-state index is 13.8. The van der Waals surface area contributed by atoms with Crippen LogP contribution in [-0.4, -0.2) is 76.1 Å². The average Bonchev–Trinajstić information content (AvgIpc) is 3.01. The van der Waals surface area contributed by atoms with Gasteiger partial charge in [-0.2, -0.15) is 0 Å². The third kappa shape index (κ3) is 6.51. The van der Waals surface area contributed by atoms with Crippen molar-refractivity contribution in [3.05, 3.63) is 48.2 Å². The monoisotopic (exact) mass is 564 g/mol. The van der Waals surface area contributed by atoms with Crippen molar-refractivity contribution < 1.29 is 24.2 Å². The van der Waals surface area contributed by atoms with Gasteiger partial charge in [-0.15, -0.1) is 0 Å². The highest BCUT2D eigenvalue weighted by molar-refractivity contribution is 6.00. The number of methoxy groups -OCH3 is 1. The molecule has 2 atom stereocenters. The fraction of sp³-hybridized carbons (Fsp3) is 0.594. The summed E-state index contributed by atoms with van der Waals surface area (Å²) in [6.07, 6.45) is 9.09. The Morgan fingerprint density at radius 2 is 1.76 bits per heavy atom. The Kier molecular flexibility index (Phi) is 9.45. The first-order chi connectivity index (χ1) is 19.9. The summed E-state index contributed by atoms with van der Waals surface area (Å²) in [7, 11) is 1.63. The van der Waals surface area contributed by atoms with Crippen molar-refractivity contribution in [3.8, 4) is 17.4 Å². The molecule has 9 nitrogen and oxygen atoms in total. The number of nitrogens with one attached hydrogen (secondary N) is 1. The van der Waals surface area contributed by atoms with Crippen molar-refractivity contribution in [2.45, 2.75) is 88.9 Å². The second kappa shape index (κ2) is 13.2. The number of benzene rings is 1. The highest BCUT2D eigenvalue weighted by Gasteiger charge is 2.55. The van der Waals surface area contributed by atoms with E-state index in [1.54, 1.807) is 7.11 Å². The molecule has 222 valence electrons. The standard InChI is InChI=1S/C32H44N4O5/c1-3-4-18-36-30(38)28(29(37)24-8-6-5-7-9-24)34-31(39)32(36)16-19-35(20-17-32)22-23-10-15-27(33-21-23)41-26-13-11-25(40-2)12-14-26/h10-15,21,24,28-29,37H,3-9,16-20,22H2,1-2H3,(H,34,39)/t28-,29-/m1/s1. The van der Waals surface area contributed by atoms with E-state index in [9.17, 15) is 14.7 Å². The number of unbranched alkanes of at least 4 members (excludes halogenated alkanes) is 1. The number of hydrogen-bond acceptors (Lipinski definition) is 7. The van der Waals surface area contributed by atoms with Gasteiger partial charge in [0.25, 0.3) is 0 Å². The lowest BCUT2D eigenvalue weighted by Gasteiger charge is -2.52. The minimum absolute atomic E-state index is 0.0727. The number of carbonyl (C=O) groups is 2. The van der Waals surface area contributed by atoms with E-state index in [0.717, 1.165) is 49.8 Å². The van der Waals surface area contributed by atoms with Gasteiger partial charge in [0, 0.05) is 38.4 Å². The number of pyridine rings is 1. The number of aromatic nitrogens is 1. The maximum atomic E-state index is 13.8. The number of carbonyl (C=O) groups excluding carboxylic acids is 2. The molecule has 2 N–H and O–H groups in total. The Morgan fingerprint density at radius 3 is 2.39 bits per heavy atom. The summed E-state index contributed by atoms with van der Waals surface area (Å²) in [6.45, 7) is 4.75. The summed E-state index contributed by atoms with van der Waals surface area (Å²) in [4.78, 5) is 36.1. The summed E-state index contributed by atoms with van der Waals surface area (Å²) in [5.74, 6) is 1.84. The van der Waals surface area contributed by atoms with Crippen LogP contribution in [-0.2, 0) is 16.1 Å². The first kappa shape index (κ1) is 29.3. The molecule has 9 heteroatoms. The van der Waals surface area contributed by atoms with Crippen LogP contribution in [0.4, 0.5) is 0 Å². The topological polar surface area (TPSA) is 104 Å². The van der Waals surface area contributed by atoms with Gasteiger partial charge < -0.3 is 24.8 Å². The van der Waals surface area contributed by atoms with E-state index >= 15 is 0 Å². The summed E-state index contributed by atoms with van der Waals surface area (Å²) in [5, 5.41) is 14.2. The van der Waals surface area contributed by atoms with Gasteiger partial charge in [0.05, 0.1) is 13.2 Å². The first-order valence-electron chi connectivity index (χ1n) is 15.2. The highest BCUT2D eigenvalue weighted by atomic mass is 16.5. The van der Waals surface area contributed by atoms with E-state index in [2.05, 4.69) is 22.1 Å². The normalized spacial score (nSPS) is 22.4. The lowest BCUT2D eigenvalue weighted by Crippen LogP contribution is -2.75. The van der Waals surface area contributed by atoms with Gasteiger partial charge in [0.15, 0.2) is 0 Å². The molecule has 1 aliphatic carbocycles. The predicted octanol–water partition coefficient (Wildman–Crippen LogP) is 4.29. The summed E-state index contributed by atoms with van der Waals surface area (Å²) in [6, 6.07) is 10.4. The summed E-state index contributed by atoms with van der Waals surface area (Å²) < 4.78 is 11.0. The number of aliphatic hydroxyl groups is 1. The number of aliphatic hydroxyl groups excluding tert-OH is 1. The molecule has 0 unspecified atom stereocenters. The fourth-order valence-electron chi connectivity index (χ4n) is 6.62. The average molecular weight is 565 g/mol. The van der Waals surface area contributed by atoms with Crippen molar-refractivity contribution in [3.63, 3.8) is 0 Å². The molecular formula is C32H44N4O5. The molecule has 2 saturated heterocycles. The molecule has 0 bridgehead atoms. The van der Waals surface area contributed by atoms with E-state index in [1.165, 1.54) is 6.42 Å². The highest BCUT2D eigenvalue weighted by Crippen LogP contribution is 2.36. The van der Waals surface area contributed by atoms with Gasteiger partial charge in [-0.1, -0.05) is 38.7 Å². The second-order valence-electron chi connectivity index (χ2n) is 11.8. The van der Waals surface area contributed by atoms with Crippen LogP contribution in [0, 0.1) is 5.92 Å². The molecule has 1 aromatic heterocycles. The van der Waals surface area contributed by atoms with E-state index in [0.29, 0.717) is 50.7 Å². The molecule has 1 spiro atoms. The Labute approximate surface area is 243 Å². The lowest BCUT2D eigenvalue weighted by atomic mass is 9.78. The van der Waals surface area contributed by atoms with Gasteiger partial charge >= 0.3 is 0 Å². The number of piperazine rings is 1. The molecule has 3 fully saturated rings. The first-order valence-corrected chi connectivity index (χ1v) is 15.2. The third-order valence-electron chi connectivity index (χ3n) is 9.14. The quantitative estimate of drug-likeness (QED) is 0.444. The van der Waals surface area contributed by atoms with Crippen molar-refractivity contribution >= 4 is 11.8 Å². The molecule has 2 aromatic rings.